The van der Waals surface area contributed by atoms with Crippen molar-refractivity contribution < 1.29 is 19.5 Å². The van der Waals surface area contributed by atoms with Crippen LogP contribution < -0.4 is 4.90 Å². The lowest BCUT2D eigenvalue weighted by molar-refractivity contribution is -0.131. The highest BCUT2D eigenvalue weighted by molar-refractivity contribution is 6.30. The molecule has 23 heavy (non-hydrogen) atoms. The van der Waals surface area contributed by atoms with E-state index in [1.54, 1.807) is 30.3 Å². The molecular weight excluding hydrogens is 318 g/mol. The van der Waals surface area contributed by atoms with E-state index in [0.717, 1.165) is 6.08 Å². The van der Waals surface area contributed by atoms with Gasteiger partial charge in [-0.2, -0.15) is 0 Å². The lowest BCUT2D eigenvalue weighted by atomic mass is 9.85. The minimum absolute atomic E-state index is 0.222. The number of carbonyl (C=O) groups excluding carboxylic acids is 2. The Hall–Kier alpha value is -2.40. The molecule has 1 N–H and O–H groups in total. The van der Waals surface area contributed by atoms with Gasteiger partial charge in [0.15, 0.2) is 0 Å². The van der Waals surface area contributed by atoms with Crippen LogP contribution in [0, 0.1) is 11.8 Å². The molecule has 1 aromatic carbocycles. The number of halogens is 1. The van der Waals surface area contributed by atoms with Crippen molar-refractivity contribution in [3.8, 4) is 0 Å². The van der Waals surface area contributed by atoms with Crippen LogP contribution in [0.4, 0.5) is 5.69 Å². The summed E-state index contributed by atoms with van der Waals surface area (Å²) in [7, 11) is 0. The molecule has 0 unspecified atom stereocenters. The van der Waals surface area contributed by atoms with Crippen LogP contribution in [0.3, 0.4) is 0 Å². The Morgan fingerprint density at radius 3 is 2.74 bits per heavy atom. The number of nitrogens with zero attached hydrogens (tertiary/aromatic N) is 1. The molecule has 1 heterocycles. The number of carbonyl (C=O) groups is 3. The average Bonchev–Trinajstić information content (AvgIpc) is 2.76. The minimum atomic E-state index is -1.06. The molecule has 0 aromatic heterocycles. The van der Waals surface area contributed by atoms with E-state index in [2.05, 4.69) is 0 Å². The van der Waals surface area contributed by atoms with Gasteiger partial charge in [0.05, 0.1) is 17.5 Å². The van der Waals surface area contributed by atoms with E-state index in [4.69, 9.17) is 16.7 Å². The zero-order valence-electron chi connectivity index (χ0n) is 12.1. The van der Waals surface area contributed by atoms with Crippen LogP contribution in [-0.4, -0.2) is 22.9 Å². The molecule has 1 aliphatic heterocycles. The first-order valence-electron chi connectivity index (χ1n) is 7.21. The zero-order chi connectivity index (χ0) is 16.6. The fourth-order valence-corrected chi connectivity index (χ4v) is 3.27. The molecule has 118 valence electrons. The highest BCUT2D eigenvalue weighted by atomic mass is 35.5. The average molecular weight is 332 g/mol. The van der Waals surface area contributed by atoms with Crippen LogP contribution in [0.5, 0.6) is 0 Å². The molecule has 5 nitrogen and oxygen atoms in total. The van der Waals surface area contributed by atoms with Crippen LogP contribution in [0.15, 0.2) is 41.4 Å². The van der Waals surface area contributed by atoms with Crippen molar-refractivity contribution in [2.75, 3.05) is 4.90 Å². The molecule has 0 radical (unpaired) electrons. The van der Waals surface area contributed by atoms with E-state index >= 15 is 0 Å². The summed E-state index contributed by atoms with van der Waals surface area (Å²) in [6.07, 6.45) is 5.09. The van der Waals surface area contributed by atoms with Crippen LogP contribution in [0.1, 0.15) is 18.4 Å². The Morgan fingerprint density at radius 2 is 2.00 bits per heavy atom. The van der Waals surface area contributed by atoms with Crippen LogP contribution >= 0.6 is 11.6 Å². The van der Waals surface area contributed by atoms with E-state index in [1.807, 2.05) is 0 Å². The number of carboxylic acids is 1. The van der Waals surface area contributed by atoms with Crippen molar-refractivity contribution in [1.82, 2.24) is 0 Å². The van der Waals surface area contributed by atoms with Crippen molar-refractivity contribution in [3.05, 3.63) is 47.0 Å². The predicted molar refractivity (Wildman–Crippen MR) is 85.8 cm³/mol. The fourth-order valence-electron chi connectivity index (χ4n) is 3.02. The predicted octanol–water partition coefficient (Wildman–Crippen LogP) is 2.81. The number of anilines is 1. The number of hydrogen-bond acceptors (Lipinski definition) is 3. The van der Waals surface area contributed by atoms with Crippen molar-refractivity contribution in [2.24, 2.45) is 11.8 Å². The smallest absolute Gasteiger partial charge is 0.328 e. The van der Waals surface area contributed by atoms with Crippen molar-refractivity contribution in [3.63, 3.8) is 0 Å². The van der Waals surface area contributed by atoms with Gasteiger partial charge in [-0.15, -0.1) is 0 Å². The summed E-state index contributed by atoms with van der Waals surface area (Å²) in [5.41, 5.74) is 1.06. The van der Waals surface area contributed by atoms with Crippen molar-refractivity contribution >= 4 is 41.1 Å². The molecule has 6 heteroatoms. The Kier molecular flexibility index (Phi) is 4.05. The number of allylic oxidation sites excluding steroid dienone is 2. The highest BCUT2D eigenvalue weighted by Gasteiger charge is 2.48. The summed E-state index contributed by atoms with van der Waals surface area (Å²) in [5.74, 6) is -2.29. The summed E-state index contributed by atoms with van der Waals surface area (Å²) in [6, 6.07) is 6.69. The number of hydrogen-bond donors (Lipinski definition) is 1. The van der Waals surface area contributed by atoms with Gasteiger partial charge in [0.25, 0.3) is 0 Å². The first-order chi connectivity index (χ1) is 11.0. The maximum atomic E-state index is 12.6. The van der Waals surface area contributed by atoms with Gasteiger partial charge in [-0.3, -0.25) is 14.5 Å². The van der Waals surface area contributed by atoms with Crippen molar-refractivity contribution in [1.29, 1.82) is 0 Å². The minimum Gasteiger partial charge on any atom is -0.478 e. The summed E-state index contributed by atoms with van der Waals surface area (Å²) >= 11 is 6.00. The molecule has 1 aromatic rings. The zero-order valence-corrected chi connectivity index (χ0v) is 12.9. The summed E-state index contributed by atoms with van der Waals surface area (Å²) in [4.78, 5) is 36.9. The molecule has 1 aliphatic carbocycles. The van der Waals surface area contributed by atoms with Gasteiger partial charge in [-0.25, -0.2) is 4.79 Å². The Bertz CT molecular complexity index is 753. The maximum Gasteiger partial charge on any atom is 0.328 e. The molecule has 1 fully saturated rings. The standard InChI is InChI=1S/C17H14ClNO4/c18-11-5-6-13-14(9-11)17(23)19(16(13)22)12-3-1-2-10(8-12)4-7-15(20)21/h1-5,7-8,13-14H,6,9H2,(H,20,21)/b7-4+/t13-,14-/m0/s1. The molecule has 2 aliphatic rings. The quantitative estimate of drug-likeness (QED) is 0.682. The van der Waals surface area contributed by atoms with E-state index in [-0.39, 0.29) is 17.7 Å². The monoisotopic (exact) mass is 331 g/mol. The number of imide groups is 1. The number of carboxylic acid groups (broad SMARTS) is 1. The van der Waals surface area contributed by atoms with E-state index in [1.165, 1.54) is 11.0 Å². The van der Waals surface area contributed by atoms with Gasteiger partial charge >= 0.3 is 5.97 Å². The molecule has 2 amide bonds. The lowest BCUT2D eigenvalue weighted by Gasteiger charge is -2.17. The van der Waals surface area contributed by atoms with Crippen molar-refractivity contribution in [2.45, 2.75) is 12.8 Å². The van der Waals surface area contributed by atoms with Gasteiger partial charge < -0.3 is 5.11 Å². The molecule has 3 rings (SSSR count). The lowest BCUT2D eigenvalue weighted by Crippen LogP contribution is -2.30. The Balaban J connectivity index is 1.91. The van der Waals surface area contributed by atoms with Gasteiger partial charge in [-0.05, 0) is 36.6 Å². The van der Waals surface area contributed by atoms with Gasteiger partial charge in [-0.1, -0.05) is 29.8 Å². The van der Waals surface area contributed by atoms with E-state index in [9.17, 15) is 14.4 Å². The largest absolute Gasteiger partial charge is 0.478 e. The Labute approximate surface area is 137 Å². The van der Waals surface area contributed by atoms with E-state index < -0.39 is 11.9 Å². The molecule has 2 atom stereocenters. The molecule has 0 spiro atoms. The second-order valence-electron chi connectivity index (χ2n) is 5.58. The highest BCUT2D eigenvalue weighted by Crippen LogP contribution is 2.40. The van der Waals surface area contributed by atoms with E-state index in [0.29, 0.717) is 29.1 Å². The number of amides is 2. The Morgan fingerprint density at radius 1 is 1.26 bits per heavy atom. The normalized spacial score (nSPS) is 24.0. The molecule has 0 saturated carbocycles. The summed E-state index contributed by atoms with van der Waals surface area (Å²) in [6.45, 7) is 0. The molecular formula is C17H14ClNO4. The molecule has 1 saturated heterocycles. The SMILES string of the molecule is O=C(O)/C=C/c1cccc(N2C(=O)[C@H]3CC=C(Cl)C[C@@H]3C2=O)c1. The number of fused-ring (bicyclic) bond motifs is 1. The maximum absolute atomic E-state index is 12.6. The van der Waals surface area contributed by atoms with Gasteiger partial charge in [0, 0.05) is 11.1 Å². The first kappa shape index (κ1) is 15.5. The second-order valence-corrected chi connectivity index (χ2v) is 6.07. The topological polar surface area (TPSA) is 74.7 Å². The molecule has 0 bridgehead atoms. The third kappa shape index (κ3) is 2.92. The second kappa shape index (κ2) is 6.01. The third-order valence-electron chi connectivity index (χ3n) is 4.12. The van der Waals surface area contributed by atoms with Gasteiger partial charge in [0.1, 0.15) is 0 Å². The summed E-state index contributed by atoms with van der Waals surface area (Å²) < 4.78 is 0. The fraction of sp³-hybridized carbons (Fsp3) is 0.235. The number of rotatable bonds is 3. The third-order valence-corrected chi connectivity index (χ3v) is 4.42. The number of aliphatic carboxylic acids is 1. The van der Waals surface area contributed by atoms with Crippen LogP contribution in [0.2, 0.25) is 0 Å². The number of benzene rings is 1. The van der Waals surface area contributed by atoms with Crippen LogP contribution in [0.25, 0.3) is 6.08 Å². The summed E-state index contributed by atoms with van der Waals surface area (Å²) in [5, 5.41) is 9.30. The van der Waals surface area contributed by atoms with Crippen LogP contribution in [-0.2, 0) is 14.4 Å². The first-order valence-corrected chi connectivity index (χ1v) is 7.58. The van der Waals surface area contributed by atoms with Gasteiger partial charge in [0.2, 0.25) is 11.8 Å².